The van der Waals surface area contributed by atoms with Gasteiger partial charge in [-0.1, -0.05) is 19.1 Å². The highest BCUT2D eigenvalue weighted by Crippen LogP contribution is 2.55. The van der Waals surface area contributed by atoms with E-state index < -0.39 is 11.7 Å². The molecular formula is C32H36N4O6. The second-order valence-corrected chi connectivity index (χ2v) is 12.2. The molecule has 4 saturated heterocycles. The summed E-state index contributed by atoms with van der Waals surface area (Å²) in [5.41, 5.74) is 2.76. The number of aliphatic hydroxyl groups excluding tert-OH is 1. The van der Waals surface area contributed by atoms with Crippen LogP contribution in [0.25, 0.3) is 0 Å². The molecule has 2 aromatic carbocycles. The molecule has 5 aliphatic heterocycles. The SMILES string of the molecule is C[C@@H]1C[C@H](CC(=O)N2CCC[C@H]2CO)O[C@@]12C(=O)N(Cc1ccc(N3CCC3=O)cc1)c1ccc(N3CCC3=O)cc12. The number of fused-ring (bicyclic) bond motifs is 2. The Hall–Kier alpha value is -3.76. The summed E-state index contributed by atoms with van der Waals surface area (Å²) < 4.78 is 6.68. The maximum Gasteiger partial charge on any atom is 0.264 e. The zero-order valence-electron chi connectivity index (χ0n) is 23.8. The number of β-lactam (4-membered cyclic amide) rings is 2. The molecule has 0 saturated carbocycles. The van der Waals surface area contributed by atoms with E-state index in [0.29, 0.717) is 38.9 Å². The Balaban J connectivity index is 1.18. The van der Waals surface area contributed by atoms with Gasteiger partial charge in [0.2, 0.25) is 17.7 Å². The molecule has 7 rings (SSSR count). The third-order valence-electron chi connectivity index (χ3n) is 9.81. The van der Waals surface area contributed by atoms with Crippen molar-refractivity contribution in [3.05, 3.63) is 53.6 Å². The molecule has 1 N–H and O–H groups in total. The third-order valence-corrected chi connectivity index (χ3v) is 9.81. The summed E-state index contributed by atoms with van der Waals surface area (Å²) in [5, 5.41) is 9.71. The normalized spacial score (nSPS) is 28.5. The van der Waals surface area contributed by atoms with Crippen molar-refractivity contribution in [2.45, 2.75) is 69.7 Å². The van der Waals surface area contributed by atoms with Crippen LogP contribution in [0.1, 0.15) is 56.6 Å². The number of rotatable bonds is 7. The monoisotopic (exact) mass is 572 g/mol. The van der Waals surface area contributed by atoms with Crippen molar-refractivity contribution in [3.8, 4) is 0 Å². The summed E-state index contributed by atoms with van der Waals surface area (Å²) >= 11 is 0. The summed E-state index contributed by atoms with van der Waals surface area (Å²) in [6.07, 6.45) is 3.01. The van der Waals surface area contributed by atoms with Crippen LogP contribution in [0.15, 0.2) is 42.5 Å². The van der Waals surface area contributed by atoms with E-state index in [9.17, 15) is 24.3 Å². The lowest BCUT2D eigenvalue weighted by Crippen LogP contribution is -2.45. The van der Waals surface area contributed by atoms with Gasteiger partial charge in [0.25, 0.3) is 5.91 Å². The van der Waals surface area contributed by atoms with Crippen LogP contribution in [0, 0.1) is 5.92 Å². The van der Waals surface area contributed by atoms with Gasteiger partial charge in [0.05, 0.1) is 37.4 Å². The van der Waals surface area contributed by atoms with Gasteiger partial charge in [0.1, 0.15) is 0 Å². The molecule has 0 aromatic heterocycles. The van der Waals surface area contributed by atoms with Crippen LogP contribution in [0.4, 0.5) is 17.1 Å². The average molecular weight is 573 g/mol. The topological polar surface area (TPSA) is 111 Å². The summed E-state index contributed by atoms with van der Waals surface area (Å²) in [6.45, 7) is 4.27. The first kappa shape index (κ1) is 27.1. The zero-order valence-corrected chi connectivity index (χ0v) is 23.8. The number of likely N-dealkylation sites (tertiary alicyclic amines) is 1. The van der Waals surface area contributed by atoms with Crippen LogP contribution in [0.3, 0.4) is 0 Å². The molecule has 4 amide bonds. The smallest absolute Gasteiger partial charge is 0.264 e. The molecule has 220 valence electrons. The number of carbonyl (C=O) groups is 4. The lowest BCUT2D eigenvalue weighted by Gasteiger charge is -2.32. The molecule has 10 nitrogen and oxygen atoms in total. The first-order valence-corrected chi connectivity index (χ1v) is 15.0. The molecule has 2 aromatic rings. The van der Waals surface area contributed by atoms with E-state index in [1.165, 1.54) is 0 Å². The Morgan fingerprint density at radius 1 is 0.976 bits per heavy atom. The molecule has 5 aliphatic rings. The molecule has 10 heteroatoms. The van der Waals surface area contributed by atoms with Crippen molar-refractivity contribution >= 4 is 40.7 Å². The lowest BCUT2D eigenvalue weighted by molar-refractivity contribution is -0.150. The van der Waals surface area contributed by atoms with Gasteiger partial charge >= 0.3 is 0 Å². The minimum Gasteiger partial charge on any atom is -0.394 e. The first-order chi connectivity index (χ1) is 20.3. The second kappa shape index (κ2) is 10.2. The highest BCUT2D eigenvalue weighted by molar-refractivity contribution is 6.09. The Bertz CT molecular complexity index is 1460. The predicted octanol–water partition coefficient (Wildman–Crippen LogP) is 2.70. The average Bonchev–Trinajstić information content (AvgIpc) is 3.64. The van der Waals surface area contributed by atoms with E-state index in [0.717, 1.165) is 47.6 Å². The van der Waals surface area contributed by atoms with E-state index >= 15 is 0 Å². The van der Waals surface area contributed by atoms with Gasteiger partial charge in [-0.05, 0) is 55.2 Å². The molecule has 0 bridgehead atoms. The molecule has 4 atom stereocenters. The van der Waals surface area contributed by atoms with Crippen molar-refractivity contribution in [1.29, 1.82) is 0 Å². The number of hydrogen-bond acceptors (Lipinski definition) is 6. The van der Waals surface area contributed by atoms with E-state index in [4.69, 9.17) is 4.74 Å². The quantitative estimate of drug-likeness (QED) is 0.511. The maximum absolute atomic E-state index is 14.4. The molecule has 0 aliphatic carbocycles. The molecule has 4 fully saturated rings. The number of benzene rings is 2. The van der Waals surface area contributed by atoms with Crippen LogP contribution in [0.2, 0.25) is 0 Å². The number of nitrogens with zero attached hydrogens (tertiary/aromatic N) is 4. The van der Waals surface area contributed by atoms with Crippen LogP contribution in [0.5, 0.6) is 0 Å². The Kier molecular flexibility index (Phi) is 6.58. The summed E-state index contributed by atoms with van der Waals surface area (Å²) in [4.78, 5) is 58.8. The van der Waals surface area contributed by atoms with E-state index in [2.05, 4.69) is 0 Å². The molecule has 1 spiro atoms. The Labute approximate surface area is 244 Å². The van der Waals surface area contributed by atoms with Gasteiger partial charge in [-0.15, -0.1) is 0 Å². The Morgan fingerprint density at radius 2 is 1.67 bits per heavy atom. The standard InChI is InChI=1S/C32H36N4O6/c1-20-15-25(17-30(40)33-12-2-3-24(33)19-37)42-32(20)26-16-23(35-14-11-29(35)39)8-9-27(26)36(31(32)41)18-21-4-6-22(7-5-21)34-13-10-28(34)38/h4-9,16,20,24-25,37H,2-3,10-15,17-19H2,1H3/t20-,24+,25-,32+/m1/s1. The van der Waals surface area contributed by atoms with Gasteiger partial charge in [-0.25, -0.2) is 0 Å². The van der Waals surface area contributed by atoms with Crippen LogP contribution in [-0.2, 0) is 36.1 Å². The fourth-order valence-corrected chi connectivity index (χ4v) is 7.32. The van der Waals surface area contributed by atoms with Crippen molar-refractivity contribution < 1.29 is 29.0 Å². The van der Waals surface area contributed by atoms with E-state index in [1.807, 2.05) is 49.4 Å². The minimum absolute atomic E-state index is 0.0499. The fourth-order valence-electron chi connectivity index (χ4n) is 7.32. The van der Waals surface area contributed by atoms with Gasteiger partial charge in [-0.2, -0.15) is 0 Å². The van der Waals surface area contributed by atoms with Gasteiger partial charge in [-0.3, -0.25) is 19.2 Å². The van der Waals surface area contributed by atoms with Crippen LogP contribution < -0.4 is 14.7 Å². The van der Waals surface area contributed by atoms with Gasteiger partial charge < -0.3 is 29.4 Å². The van der Waals surface area contributed by atoms with E-state index in [1.54, 1.807) is 19.6 Å². The minimum atomic E-state index is -1.25. The first-order valence-electron chi connectivity index (χ1n) is 15.0. The van der Waals surface area contributed by atoms with Crippen molar-refractivity contribution in [3.63, 3.8) is 0 Å². The van der Waals surface area contributed by atoms with Gasteiger partial charge in [0, 0.05) is 55.3 Å². The number of amides is 4. The largest absolute Gasteiger partial charge is 0.394 e. The highest BCUT2D eigenvalue weighted by atomic mass is 16.5. The number of aliphatic hydroxyl groups is 1. The highest BCUT2D eigenvalue weighted by Gasteiger charge is 2.60. The van der Waals surface area contributed by atoms with Crippen molar-refractivity contribution in [1.82, 2.24) is 4.90 Å². The maximum atomic E-state index is 14.4. The van der Waals surface area contributed by atoms with Crippen molar-refractivity contribution in [2.24, 2.45) is 5.92 Å². The summed E-state index contributed by atoms with van der Waals surface area (Å²) in [5.74, 6) is -0.242. The molecule has 42 heavy (non-hydrogen) atoms. The molecule has 0 unspecified atom stereocenters. The lowest BCUT2D eigenvalue weighted by atomic mass is 9.82. The summed E-state index contributed by atoms with van der Waals surface area (Å²) in [6, 6.07) is 13.3. The third kappa shape index (κ3) is 4.14. The summed E-state index contributed by atoms with van der Waals surface area (Å²) in [7, 11) is 0. The number of anilines is 3. The van der Waals surface area contributed by atoms with Crippen molar-refractivity contribution in [2.75, 3.05) is 40.9 Å². The number of ether oxygens (including phenoxy) is 1. The van der Waals surface area contributed by atoms with E-state index in [-0.39, 0.29) is 48.6 Å². The van der Waals surface area contributed by atoms with Gasteiger partial charge in [0.15, 0.2) is 5.60 Å². The number of hydrogen-bond donors (Lipinski definition) is 1. The Morgan fingerprint density at radius 3 is 2.31 bits per heavy atom. The zero-order chi connectivity index (χ0) is 29.2. The number of carbonyl (C=O) groups excluding carboxylic acids is 4. The predicted molar refractivity (Wildman–Crippen MR) is 155 cm³/mol. The second-order valence-electron chi connectivity index (χ2n) is 12.2. The molecule has 0 radical (unpaired) electrons. The fraction of sp³-hybridized carbons (Fsp3) is 0.500. The van der Waals surface area contributed by atoms with Crippen LogP contribution >= 0.6 is 0 Å². The molecular weight excluding hydrogens is 536 g/mol. The van der Waals surface area contributed by atoms with Crippen LogP contribution in [-0.4, -0.2) is 72.0 Å². The molecule has 5 heterocycles.